The molecule has 102 valence electrons. The van der Waals surface area contributed by atoms with Crippen LogP contribution in [0.3, 0.4) is 0 Å². The first-order chi connectivity index (χ1) is 9.10. The predicted molar refractivity (Wildman–Crippen MR) is 76.3 cm³/mol. The molecule has 0 aromatic heterocycles. The van der Waals surface area contributed by atoms with E-state index in [1.165, 1.54) is 4.90 Å². The number of amides is 2. The molecule has 2 amide bonds. The Labute approximate surface area is 117 Å². The molecule has 0 atom stereocenters. The van der Waals surface area contributed by atoms with Crippen molar-refractivity contribution in [3.63, 3.8) is 0 Å². The third-order valence-corrected chi connectivity index (χ3v) is 3.75. The zero-order valence-corrected chi connectivity index (χ0v) is 12.0. The molecule has 1 aliphatic carbocycles. The van der Waals surface area contributed by atoms with Gasteiger partial charge in [0.25, 0.3) is 5.91 Å². The Balaban J connectivity index is 1.91. The van der Waals surface area contributed by atoms with Crippen LogP contribution in [-0.4, -0.2) is 42.6 Å². The maximum Gasteiger partial charge on any atom is 0.254 e. The number of carbonyl (C=O) groups excluding carboxylic acids is 2. The molecule has 0 heterocycles. The van der Waals surface area contributed by atoms with Gasteiger partial charge in [-0.15, -0.1) is 11.8 Å². The van der Waals surface area contributed by atoms with Crippen LogP contribution in [0.4, 0.5) is 0 Å². The fourth-order valence-electron chi connectivity index (χ4n) is 1.74. The lowest BCUT2D eigenvalue weighted by Gasteiger charge is -2.16. The summed E-state index contributed by atoms with van der Waals surface area (Å²) in [5, 5.41) is 2.87. The van der Waals surface area contributed by atoms with Crippen molar-refractivity contribution >= 4 is 23.6 Å². The molecule has 0 unspecified atom stereocenters. The minimum Gasteiger partial charge on any atom is -0.352 e. The molecule has 19 heavy (non-hydrogen) atoms. The number of benzene rings is 1. The van der Waals surface area contributed by atoms with Gasteiger partial charge >= 0.3 is 0 Å². The van der Waals surface area contributed by atoms with Crippen molar-refractivity contribution in [3.05, 3.63) is 29.8 Å². The molecule has 1 saturated carbocycles. The van der Waals surface area contributed by atoms with Gasteiger partial charge < -0.3 is 10.2 Å². The fourth-order valence-corrected chi connectivity index (χ4v) is 2.15. The van der Waals surface area contributed by atoms with Crippen molar-refractivity contribution < 1.29 is 9.59 Å². The van der Waals surface area contributed by atoms with E-state index in [0.717, 1.165) is 17.7 Å². The first-order valence-electron chi connectivity index (χ1n) is 6.29. The van der Waals surface area contributed by atoms with Crippen LogP contribution in [0, 0.1) is 0 Å². The molecule has 1 N–H and O–H groups in total. The lowest BCUT2D eigenvalue weighted by atomic mass is 10.2. The van der Waals surface area contributed by atoms with Gasteiger partial charge in [-0.2, -0.15) is 0 Å². The standard InChI is InChI=1S/C14H18N2O2S/c1-16(9-13(17)15-11-5-6-11)14(18)10-3-7-12(19-2)8-4-10/h3-4,7-8,11H,5-6,9H2,1-2H3,(H,15,17). The molecule has 4 nitrogen and oxygen atoms in total. The lowest BCUT2D eigenvalue weighted by molar-refractivity contribution is -0.121. The normalized spacial score (nSPS) is 14.0. The summed E-state index contributed by atoms with van der Waals surface area (Å²) in [6.07, 6.45) is 4.10. The Hall–Kier alpha value is -1.49. The van der Waals surface area contributed by atoms with Crippen LogP contribution in [0.25, 0.3) is 0 Å². The maximum atomic E-state index is 12.1. The highest BCUT2D eigenvalue weighted by Crippen LogP contribution is 2.18. The number of nitrogens with zero attached hydrogens (tertiary/aromatic N) is 1. The van der Waals surface area contributed by atoms with Gasteiger partial charge in [0.2, 0.25) is 5.91 Å². The largest absolute Gasteiger partial charge is 0.352 e. The van der Waals surface area contributed by atoms with E-state index in [2.05, 4.69) is 5.32 Å². The van der Waals surface area contributed by atoms with Gasteiger partial charge in [-0.05, 0) is 43.4 Å². The van der Waals surface area contributed by atoms with Crippen molar-refractivity contribution in [2.24, 2.45) is 0 Å². The van der Waals surface area contributed by atoms with Gasteiger partial charge in [-0.3, -0.25) is 9.59 Å². The highest BCUT2D eigenvalue weighted by Gasteiger charge is 2.24. The molecule has 0 bridgehead atoms. The van der Waals surface area contributed by atoms with Crippen LogP contribution < -0.4 is 5.32 Å². The number of thioether (sulfide) groups is 1. The Morgan fingerprint density at radius 1 is 1.32 bits per heavy atom. The summed E-state index contributed by atoms with van der Waals surface area (Å²) in [6, 6.07) is 7.75. The Morgan fingerprint density at radius 2 is 1.95 bits per heavy atom. The molecular weight excluding hydrogens is 260 g/mol. The van der Waals surface area contributed by atoms with E-state index in [4.69, 9.17) is 0 Å². The first kappa shape index (κ1) is 13.9. The highest BCUT2D eigenvalue weighted by molar-refractivity contribution is 7.98. The van der Waals surface area contributed by atoms with Gasteiger partial charge in [-0.25, -0.2) is 0 Å². The van der Waals surface area contributed by atoms with E-state index in [1.54, 1.807) is 30.9 Å². The highest BCUT2D eigenvalue weighted by atomic mass is 32.2. The van der Waals surface area contributed by atoms with Gasteiger partial charge in [0.05, 0.1) is 6.54 Å². The molecule has 5 heteroatoms. The Kier molecular flexibility index (Phi) is 4.47. The van der Waals surface area contributed by atoms with Crippen LogP contribution in [-0.2, 0) is 4.79 Å². The van der Waals surface area contributed by atoms with Gasteiger partial charge in [0, 0.05) is 23.5 Å². The second-order valence-electron chi connectivity index (χ2n) is 4.73. The summed E-state index contributed by atoms with van der Waals surface area (Å²) < 4.78 is 0. The van der Waals surface area contributed by atoms with E-state index in [1.807, 2.05) is 18.4 Å². The van der Waals surface area contributed by atoms with Crippen molar-refractivity contribution in [3.8, 4) is 0 Å². The molecule has 1 fully saturated rings. The molecule has 0 spiro atoms. The first-order valence-corrected chi connectivity index (χ1v) is 7.51. The minimum atomic E-state index is -0.126. The third-order valence-electron chi connectivity index (χ3n) is 3.01. The van der Waals surface area contributed by atoms with Crippen LogP contribution in [0.2, 0.25) is 0 Å². The second kappa shape index (κ2) is 6.10. The second-order valence-corrected chi connectivity index (χ2v) is 5.61. The molecule has 0 saturated heterocycles. The van der Waals surface area contributed by atoms with Crippen LogP contribution >= 0.6 is 11.8 Å². The Morgan fingerprint density at radius 3 is 2.47 bits per heavy atom. The molecule has 1 aromatic carbocycles. The monoisotopic (exact) mass is 278 g/mol. The quantitative estimate of drug-likeness (QED) is 0.835. The van der Waals surface area contributed by atoms with Crippen molar-refractivity contribution in [1.82, 2.24) is 10.2 Å². The molecule has 2 rings (SSSR count). The average Bonchev–Trinajstić information content (AvgIpc) is 3.21. The van der Waals surface area contributed by atoms with Crippen LogP contribution in [0.1, 0.15) is 23.2 Å². The predicted octanol–water partition coefficient (Wildman–Crippen LogP) is 1.76. The molecule has 0 radical (unpaired) electrons. The number of rotatable bonds is 5. The van der Waals surface area contributed by atoms with Crippen LogP contribution in [0.15, 0.2) is 29.2 Å². The molecule has 1 aliphatic rings. The van der Waals surface area contributed by atoms with Gasteiger partial charge in [0.1, 0.15) is 0 Å². The van der Waals surface area contributed by atoms with Crippen molar-refractivity contribution in [1.29, 1.82) is 0 Å². The molecule has 1 aromatic rings. The number of carbonyl (C=O) groups is 2. The third kappa shape index (κ3) is 3.99. The summed E-state index contributed by atoms with van der Waals surface area (Å²) >= 11 is 1.63. The summed E-state index contributed by atoms with van der Waals surface area (Å²) in [5.74, 6) is -0.210. The van der Waals surface area contributed by atoms with Gasteiger partial charge in [-0.1, -0.05) is 0 Å². The molecular formula is C14H18N2O2S. The lowest BCUT2D eigenvalue weighted by Crippen LogP contribution is -2.39. The zero-order valence-electron chi connectivity index (χ0n) is 11.2. The summed E-state index contributed by atoms with van der Waals surface area (Å²) in [4.78, 5) is 26.3. The Bertz CT molecular complexity index is 469. The average molecular weight is 278 g/mol. The smallest absolute Gasteiger partial charge is 0.254 e. The molecule has 0 aliphatic heterocycles. The number of hydrogen-bond donors (Lipinski definition) is 1. The van der Waals surface area contributed by atoms with Crippen molar-refractivity contribution in [2.75, 3.05) is 19.8 Å². The van der Waals surface area contributed by atoms with E-state index in [9.17, 15) is 9.59 Å². The SMILES string of the molecule is CSc1ccc(C(=O)N(C)CC(=O)NC2CC2)cc1. The van der Waals surface area contributed by atoms with E-state index in [-0.39, 0.29) is 18.4 Å². The number of likely N-dealkylation sites (N-methyl/N-ethyl adjacent to an activating group) is 1. The van der Waals surface area contributed by atoms with E-state index in [0.29, 0.717) is 11.6 Å². The maximum absolute atomic E-state index is 12.1. The van der Waals surface area contributed by atoms with Crippen molar-refractivity contribution in [2.45, 2.75) is 23.8 Å². The minimum absolute atomic E-state index is 0.0842. The summed E-state index contributed by atoms with van der Waals surface area (Å²) in [7, 11) is 1.65. The topological polar surface area (TPSA) is 49.4 Å². The van der Waals surface area contributed by atoms with E-state index < -0.39 is 0 Å². The van der Waals surface area contributed by atoms with E-state index >= 15 is 0 Å². The fraction of sp³-hybridized carbons (Fsp3) is 0.429. The number of hydrogen-bond acceptors (Lipinski definition) is 3. The zero-order chi connectivity index (χ0) is 13.8. The summed E-state index contributed by atoms with van der Waals surface area (Å²) in [6.45, 7) is 0.111. The number of nitrogens with one attached hydrogen (secondary N) is 1. The summed E-state index contributed by atoms with van der Waals surface area (Å²) in [5.41, 5.74) is 0.611. The van der Waals surface area contributed by atoms with Gasteiger partial charge in [0.15, 0.2) is 0 Å². The van der Waals surface area contributed by atoms with Crippen LogP contribution in [0.5, 0.6) is 0 Å².